The number of nitrogens with zero attached hydrogens (tertiary/aromatic N) is 2. The van der Waals surface area contributed by atoms with E-state index in [0.29, 0.717) is 16.7 Å². The van der Waals surface area contributed by atoms with Crippen molar-refractivity contribution in [1.29, 1.82) is 0 Å². The van der Waals surface area contributed by atoms with Crippen LogP contribution < -0.4 is 5.32 Å². The molecular formula is C29H24FN3O3. The Morgan fingerprint density at radius 1 is 0.889 bits per heavy atom. The molecule has 5 aromatic rings. The summed E-state index contributed by atoms with van der Waals surface area (Å²) in [6.07, 6.45) is 1.83. The van der Waals surface area contributed by atoms with E-state index < -0.39 is 5.97 Å². The molecular weight excluding hydrogens is 457 g/mol. The average Bonchev–Trinajstić information content (AvgIpc) is 3.46. The first kappa shape index (κ1) is 23.1. The molecule has 0 saturated carbocycles. The highest BCUT2D eigenvalue weighted by molar-refractivity contribution is 5.99. The van der Waals surface area contributed by atoms with Gasteiger partial charge in [0.05, 0.1) is 17.6 Å². The van der Waals surface area contributed by atoms with Gasteiger partial charge in [0.2, 0.25) is 5.91 Å². The SMILES string of the molecule is CCOC(=O)c1cc2c(ccn2-c2ccc(F)cc2)n1CC(=O)Nc1ccccc1-c1ccccc1. The van der Waals surface area contributed by atoms with Crippen LogP contribution in [0.25, 0.3) is 27.8 Å². The maximum atomic E-state index is 13.4. The second-order valence-electron chi connectivity index (χ2n) is 8.23. The van der Waals surface area contributed by atoms with Crippen molar-refractivity contribution in [3.8, 4) is 16.8 Å². The number of esters is 1. The van der Waals surface area contributed by atoms with E-state index in [1.165, 1.54) is 12.1 Å². The van der Waals surface area contributed by atoms with Crippen molar-refractivity contribution < 1.29 is 18.7 Å². The van der Waals surface area contributed by atoms with Gasteiger partial charge in [-0.15, -0.1) is 0 Å². The summed E-state index contributed by atoms with van der Waals surface area (Å²) in [6.45, 7) is 1.86. The van der Waals surface area contributed by atoms with Gasteiger partial charge < -0.3 is 19.2 Å². The number of fused-ring (bicyclic) bond motifs is 1. The highest BCUT2D eigenvalue weighted by Crippen LogP contribution is 2.29. The molecule has 180 valence electrons. The number of hydrogen-bond donors (Lipinski definition) is 1. The second kappa shape index (κ2) is 9.92. The van der Waals surface area contributed by atoms with Gasteiger partial charge in [0.15, 0.2) is 0 Å². The number of rotatable bonds is 7. The Hall–Kier alpha value is -4.65. The first-order valence-corrected chi connectivity index (χ1v) is 11.6. The number of amides is 1. The Kier molecular flexibility index (Phi) is 6.36. The molecule has 0 aliphatic carbocycles. The van der Waals surface area contributed by atoms with Gasteiger partial charge in [-0.25, -0.2) is 9.18 Å². The number of anilines is 1. The summed E-state index contributed by atoms with van der Waals surface area (Å²) < 4.78 is 22.2. The number of benzene rings is 3. The van der Waals surface area contributed by atoms with Crippen LogP contribution in [-0.2, 0) is 16.1 Å². The summed E-state index contributed by atoms with van der Waals surface area (Å²) in [7, 11) is 0. The van der Waals surface area contributed by atoms with Gasteiger partial charge in [-0.1, -0.05) is 48.5 Å². The summed E-state index contributed by atoms with van der Waals surface area (Å²) in [5, 5.41) is 2.99. The lowest BCUT2D eigenvalue weighted by Crippen LogP contribution is -2.22. The molecule has 0 fully saturated rings. The molecule has 0 unspecified atom stereocenters. The number of nitrogens with one attached hydrogen (secondary N) is 1. The van der Waals surface area contributed by atoms with Gasteiger partial charge in [-0.3, -0.25) is 4.79 Å². The summed E-state index contributed by atoms with van der Waals surface area (Å²) in [5.74, 6) is -1.13. The quantitative estimate of drug-likeness (QED) is 0.288. The van der Waals surface area contributed by atoms with E-state index in [1.807, 2.05) is 71.4 Å². The van der Waals surface area contributed by atoms with Crippen molar-refractivity contribution in [3.63, 3.8) is 0 Å². The van der Waals surface area contributed by atoms with Gasteiger partial charge in [0, 0.05) is 23.1 Å². The first-order valence-electron chi connectivity index (χ1n) is 11.6. The summed E-state index contributed by atoms with van der Waals surface area (Å²) in [5.41, 5.74) is 4.97. The summed E-state index contributed by atoms with van der Waals surface area (Å²) >= 11 is 0. The van der Waals surface area contributed by atoms with Crippen LogP contribution in [0.1, 0.15) is 17.4 Å². The fraction of sp³-hybridized carbons (Fsp3) is 0.103. The molecule has 2 aromatic heterocycles. The van der Waals surface area contributed by atoms with E-state index in [-0.39, 0.29) is 30.6 Å². The van der Waals surface area contributed by atoms with Crippen molar-refractivity contribution >= 4 is 28.6 Å². The molecule has 0 atom stereocenters. The lowest BCUT2D eigenvalue weighted by Gasteiger charge is -2.13. The maximum Gasteiger partial charge on any atom is 0.355 e. The normalized spacial score (nSPS) is 10.9. The van der Waals surface area contributed by atoms with Crippen LogP contribution in [0.4, 0.5) is 10.1 Å². The predicted octanol–water partition coefficient (Wildman–Crippen LogP) is 6.05. The number of carbonyl (C=O) groups excluding carboxylic acids is 2. The molecule has 1 amide bonds. The van der Waals surface area contributed by atoms with Crippen LogP contribution >= 0.6 is 0 Å². The summed E-state index contributed by atoms with van der Waals surface area (Å²) in [4.78, 5) is 26.0. The van der Waals surface area contributed by atoms with E-state index in [1.54, 1.807) is 29.7 Å². The number of hydrogen-bond acceptors (Lipinski definition) is 3. The highest BCUT2D eigenvalue weighted by atomic mass is 19.1. The van der Waals surface area contributed by atoms with E-state index >= 15 is 0 Å². The molecule has 1 N–H and O–H groups in total. The van der Waals surface area contributed by atoms with Crippen LogP contribution in [0.2, 0.25) is 0 Å². The molecule has 0 aliphatic rings. The minimum Gasteiger partial charge on any atom is -0.461 e. The van der Waals surface area contributed by atoms with E-state index in [2.05, 4.69) is 5.32 Å². The summed E-state index contributed by atoms with van der Waals surface area (Å²) in [6, 6.07) is 27.0. The van der Waals surface area contributed by atoms with Crippen molar-refractivity contribution in [3.05, 3.63) is 109 Å². The molecule has 0 spiro atoms. The van der Waals surface area contributed by atoms with Crippen molar-refractivity contribution in [2.75, 3.05) is 11.9 Å². The average molecular weight is 482 g/mol. The van der Waals surface area contributed by atoms with Crippen molar-refractivity contribution in [1.82, 2.24) is 9.13 Å². The van der Waals surface area contributed by atoms with Crippen molar-refractivity contribution in [2.24, 2.45) is 0 Å². The molecule has 0 saturated heterocycles. The van der Waals surface area contributed by atoms with Crippen LogP contribution in [0, 0.1) is 5.82 Å². The number of carbonyl (C=O) groups is 2. The van der Waals surface area contributed by atoms with Crippen LogP contribution in [-0.4, -0.2) is 27.6 Å². The number of ether oxygens (including phenoxy) is 1. The molecule has 36 heavy (non-hydrogen) atoms. The zero-order chi connectivity index (χ0) is 25.1. The van der Waals surface area contributed by atoms with Gasteiger partial charge in [0.25, 0.3) is 0 Å². The largest absolute Gasteiger partial charge is 0.461 e. The molecule has 0 radical (unpaired) electrons. The fourth-order valence-electron chi connectivity index (χ4n) is 4.31. The molecule has 5 rings (SSSR count). The van der Waals surface area contributed by atoms with Gasteiger partial charge in [-0.05, 0) is 55.0 Å². The van der Waals surface area contributed by atoms with E-state index in [4.69, 9.17) is 4.74 Å². The maximum absolute atomic E-state index is 13.4. The smallest absolute Gasteiger partial charge is 0.355 e. The standard InChI is InChI=1S/C29H24FN3O3/c1-2-36-29(35)27-18-26-25(16-17-32(26)22-14-12-21(30)13-15-22)33(27)19-28(34)31-24-11-7-6-10-23(24)20-8-4-3-5-9-20/h3-18H,2,19H2,1H3,(H,31,34). The lowest BCUT2D eigenvalue weighted by molar-refractivity contribution is -0.116. The topological polar surface area (TPSA) is 65.3 Å². The van der Waals surface area contributed by atoms with Crippen LogP contribution in [0.3, 0.4) is 0 Å². The zero-order valence-electron chi connectivity index (χ0n) is 19.6. The minimum atomic E-state index is -0.517. The zero-order valence-corrected chi connectivity index (χ0v) is 19.6. The molecule has 3 aromatic carbocycles. The van der Waals surface area contributed by atoms with E-state index in [9.17, 15) is 14.0 Å². The lowest BCUT2D eigenvalue weighted by atomic mass is 10.0. The third-order valence-electron chi connectivity index (χ3n) is 5.94. The molecule has 6 nitrogen and oxygen atoms in total. The molecule has 0 aliphatic heterocycles. The minimum absolute atomic E-state index is 0.0891. The molecule has 0 bridgehead atoms. The number of para-hydroxylation sites is 1. The number of halogens is 1. The predicted molar refractivity (Wildman–Crippen MR) is 138 cm³/mol. The number of aromatic nitrogens is 2. The van der Waals surface area contributed by atoms with Gasteiger partial charge in [0.1, 0.15) is 18.1 Å². The Balaban J connectivity index is 1.49. The Bertz CT molecular complexity index is 1540. The van der Waals surface area contributed by atoms with E-state index in [0.717, 1.165) is 16.8 Å². The molecule has 2 heterocycles. The van der Waals surface area contributed by atoms with Gasteiger partial charge >= 0.3 is 5.97 Å². The fourth-order valence-corrected chi connectivity index (χ4v) is 4.31. The Labute approximate surface area is 207 Å². The Morgan fingerprint density at radius 3 is 2.36 bits per heavy atom. The monoisotopic (exact) mass is 481 g/mol. The van der Waals surface area contributed by atoms with Crippen molar-refractivity contribution in [2.45, 2.75) is 13.5 Å². The second-order valence-corrected chi connectivity index (χ2v) is 8.23. The highest BCUT2D eigenvalue weighted by Gasteiger charge is 2.21. The third-order valence-corrected chi connectivity index (χ3v) is 5.94. The van der Waals surface area contributed by atoms with Crippen LogP contribution in [0.15, 0.2) is 97.2 Å². The van der Waals surface area contributed by atoms with Gasteiger partial charge in [-0.2, -0.15) is 0 Å². The third kappa shape index (κ3) is 4.51. The first-order chi connectivity index (χ1) is 17.5. The Morgan fingerprint density at radius 2 is 1.61 bits per heavy atom. The van der Waals surface area contributed by atoms with Crippen LogP contribution in [0.5, 0.6) is 0 Å². The molecule has 7 heteroatoms.